The van der Waals surface area contributed by atoms with E-state index in [1.54, 1.807) is 86.1 Å². The number of methoxy groups -OCH3 is 3. The van der Waals surface area contributed by atoms with Gasteiger partial charge < -0.3 is 29.0 Å². The first kappa shape index (κ1) is 44.9. The molecule has 3 atom stereocenters. The number of hydrogen-bond acceptors (Lipinski definition) is 9. The van der Waals surface area contributed by atoms with Gasteiger partial charge in [0.15, 0.2) is 6.04 Å². The Kier molecular flexibility index (Phi) is 16.2. The maximum Gasteiger partial charge on any atom is 0.331 e. The van der Waals surface area contributed by atoms with E-state index in [4.69, 9.17) is 23.7 Å². The molecule has 0 aliphatic heterocycles. The van der Waals surface area contributed by atoms with Crippen molar-refractivity contribution in [2.45, 2.75) is 104 Å². The van der Waals surface area contributed by atoms with E-state index in [9.17, 15) is 9.59 Å². The third-order valence-electron chi connectivity index (χ3n) is 8.63. The molecule has 0 aliphatic carbocycles. The molecule has 3 aromatic rings. The van der Waals surface area contributed by atoms with Crippen molar-refractivity contribution in [3.8, 4) is 11.5 Å². The van der Waals surface area contributed by atoms with Crippen LogP contribution < -0.4 is 14.8 Å². The fourth-order valence-corrected chi connectivity index (χ4v) is 5.98. The van der Waals surface area contributed by atoms with Gasteiger partial charge in [0, 0.05) is 26.6 Å². The molecule has 1 N–H and O–H groups in total. The first-order valence-electron chi connectivity index (χ1n) is 18.5. The quantitative estimate of drug-likeness (QED) is 0.0808. The van der Waals surface area contributed by atoms with Gasteiger partial charge in [-0.3, -0.25) is 19.4 Å². The number of amides is 2. The van der Waals surface area contributed by atoms with Crippen molar-refractivity contribution in [2.75, 3.05) is 34.7 Å². The molecular formula is C43H60FN3O8. The van der Waals surface area contributed by atoms with Crippen LogP contribution in [0.5, 0.6) is 11.5 Å². The Hall–Kier alpha value is -4.52. The number of halogens is 1. The summed E-state index contributed by atoms with van der Waals surface area (Å²) >= 11 is 0. The Bertz CT molecular complexity index is 1610. The van der Waals surface area contributed by atoms with Crippen molar-refractivity contribution in [1.29, 1.82) is 0 Å². The Labute approximate surface area is 326 Å². The van der Waals surface area contributed by atoms with E-state index in [0.717, 1.165) is 16.0 Å². The van der Waals surface area contributed by atoms with Gasteiger partial charge in [0.25, 0.3) is 11.7 Å². The van der Waals surface area contributed by atoms with Gasteiger partial charge in [-0.05, 0) is 88.4 Å². The number of ether oxygens (including phenoxy) is 5. The number of alkyl halides is 1. The molecule has 3 aromatic carbocycles. The lowest BCUT2D eigenvalue weighted by Gasteiger charge is -2.42. The summed E-state index contributed by atoms with van der Waals surface area (Å²) in [4.78, 5) is 45.9. The minimum atomic E-state index is -3.03. The molecule has 0 radical (unpaired) electrons. The summed E-state index contributed by atoms with van der Waals surface area (Å²) in [6, 6.07) is 21.2. The monoisotopic (exact) mass is 765 g/mol. The van der Waals surface area contributed by atoms with Gasteiger partial charge in [0.05, 0.1) is 32.5 Å². The highest BCUT2D eigenvalue weighted by atomic mass is 19.1. The third kappa shape index (κ3) is 13.6. The Morgan fingerprint density at radius 1 is 0.727 bits per heavy atom. The van der Waals surface area contributed by atoms with Crippen LogP contribution in [0.25, 0.3) is 0 Å². The van der Waals surface area contributed by atoms with Gasteiger partial charge in [-0.15, -0.1) is 0 Å². The van der Waals surface area contributed by atoms with Crippen LogP contribution in [0.3, 0.4) is 0 Å². The number of nitrogens with one attached hydrogen (secondary N) is 1. The third-order valence-corrected chi connectivity index (χ3v) is 8.63. The second kappa shape index (κ2) is 19.9. The van der Waals surface area contributed by atoms with Gasteiger partial charge >= 0.3 is 5.97 Å². The van der Waals surface area contributed by atoms with Crippen LogP contribution in [-0.4, -0.2) is 91.3 Å². The molecule has 0 fully saturated rings. The van der Waals surface area contributed by atoms with Crippen molar-refractivity contribution in [2.24, 2.45) is 5.92 Å². The van der Waals surface area contributed by atoms with Crippen LogP contribution in [0.1, 0.15) is 72.1 Å². The highest BCUT2D eigenvalue weighted by Crippen LogP contribution is 2.30. The van der Waals surface area contributed by atoms with Crippen molar-refractivity contribution < 1.29 is 42.5 Å². The predicted molar refractivity (Wildman–Crippen MR) is 210 cm³/mol. The summed E-state index contributed by atoms with van der Waals surface area (Å²) in [5.74, 6) is -4.72. The van der Waals surface area contributed by atoms with E-state index in [1.165, 1.54) is 7.11 Å². The molecule has 2 amide bonds. The highest BCUT2D eigenvalue weighted by molar-refractivity contribution is 5.94. The van der Waals surface area contributed by atoms with Crippen LogP contribution in [0.2, 0.25) is 0 Å². The second-order valence-electron chi connectivity index (χ2n) is 15.9. The van der Waals surface area contributed by atoms with Crippen LogP contribution in [-0.2, 0) is 48.1 Å². The first-order chi connectivity index (χ1) is 25.8. The molecule has 55 heavy (non-hydrogen) atoms. The lowest BCUT2D eigenvalue weighted by atomic mass is 9.95. The molecule has 0 heterocycles. The van der Waals surface area contributed by atoms with Gasteiger partial charge in [-0.1, -0.05) is 68.4 Å². The number of rotatable bonds is 19. The standard InChI is InChI=1S/C43H60FN3O8/c1-30(2)37(46(26-32-17-21-34(52-10)22-18-32)27-33-19-23-35(53-11)24-20-33)38(48)47(29-51-9)43(44,25-31-15-13-12-14-16-31)40(50)45-36(28-54-41(3,4)5)39(49)55-42(6,7)8/h12-24,30,36-37H,25-29H2,1-11H3,(H,45,50)/t36-,37-,43-/m0/s1. The fourth-order valence-electron chi connectivity index (χ4n) is 5.98. The number of hydrogen-bond donors (Lipinski definition) is 1. The zero-order chi connectivity index (χ0) is 41.0. The number of carbonyl (C=O) groups excluding carboxylic acids is 3. The maximum atomic E-state index is 18.3. The van der Waals surface area contributed by atoms with Gasteiger partial charge in [0.1, 0.15) is 23.8 Å². The van der Waals surface area contributed by atoms with Crippen molar-refractivity contribution in [3.05, 3.63) is 95.6 Å². The molecular weight excluding hydrogens is 705 g/mol. The molecule has 0 bridgehead atoms. The summed E-state index contributed by atoms with van der Waals surface area (Å²) in [5, 5.41) is 2.57. The molecule has 0 spiro atoms. The normalized spacial score (nSPS) is 14.1. The summed E-state index contributed by atoms with van der Waals surface area (Å²) < 4.78 is 46.0. The molecule has 0 saturated heterocycles. The van der Waals surface area contributed by atoms with Crippen LogP contribution in [0.4, 0.5) is 4.39 Å². The predicted octanol–water partition coefficient (Wildman–Crippen LogP) is 6.71. The largest absolute Gasteiger partial charge is 0.497 e. The Balaban J connectivity index is 2.15. The summed E-state index contributed by atoms with van der Waals surface area (Å²) in [5.41, 5.74) is 0.625. The van der Waals surface area contributed by atoms with E-state index >= 15 is 9.18 Å². The molecule has 3 rings (SSSR count). The summed E-state index contributed by atoms with van der Waals surface area (Å²) in [6.45, 7) is 14.0. The highest BCUT2D eigenvalue weighted by Gasteiger charge is 2.51. The van der Waals surface area contributed by atoms with Gasteiger partial charge in [-0.25, -0.2) is 9.18 Å². The Morgan fingerprint density at radius 3 is 1.65 bits per heavy atom. The number of nitrogens with zero attached hydrogens (tertiary/aromatic N) is 2. The minimum Gasteiger partial charge on any atom is -0.497 e. The molecule has 12 heteroatoms. The minimum absolute atomic E-state index is 0.296. The van der Waals surface area contributed by atoms with Crippen LogP contribution >= 0.6 is 0 Å². The molecule has 302 valence electrons. The zero-order valence-electron chi connectivity index (χ0n) is 34.3. The van der Waals surface area contributed by atoms with Crippen LogP contribution in [0.15, 0.2) is 78.9 Å². The average Bonchev–Trinajstić information content (AvgIpc) is 3.11. The van der Waals surface area contributed by atoms with Crippen molar-refractivity contribution in [3.63, 3.8) is 0 Å². The number of esters is 1. The zero-order valence-corrected chi connectivity index (χ0v) is 34.3. The van der Waals surface area contributed by atoms with Gasteiger partial charge in [-0.2, -0.15) is 0 Å². The second-order valence-corrected chi connectivity index (χ2v) is 15.9. The molecule has 0 unspecified atom stereocenters. The van der Waals surface area contributed by atoms with E-state index < -0.39 is 60.0 Å². The SMILES string of the molecule is COCN(C(=O)[C@H](C(C)C)N(Cc1ccc(OC)cc1)Cc1ccc(OC)cc1)[C@@](F)(Cc1ccccc1)C(=O)N[C@@H](COC(C)(C)C)C(=O)OC(C)(C)C. The summed E-state index contributed by atoms with van der Waals surface area (Å²) in [6.07, 6.45) is -0.530. The van der Waals surface area contributed by atoms with E-state index in [2.05, 4.69) is 5.32 Å². The van der Waals surface area contributed by atoms with E-state index in [0.29, 0.717) is 30.2 Å². The lowest BCUT2D eigenvalue weighted by Crippen LogP contribution is -2.65. The average molecular weight is 766 g/mol. The number of benzene rings is 3. The smallest absolute Gasteiger partial charge is 0.331 e. The van der Waals surface area contributed by atoms with Crippen molar-refractivity contribution >= 4 is 17.8 Å². The van der Waals surface area contributed by atoms with E-state index in [1.807, 2.05) is 67.3 Å². The number of carbonyl (C=O) groups is 3. The molecule has 0 aliphatic rings. The van der Waals surface area contributed by atoms with Gasteiger partial charge in [0.2, 0.25) is 5.91 Å². The van der Waals surface area contributed by atoms with E-state index in [-0.39, 0.29) is 12.5 Å². The summed E-state index contributed by atoms with van der Waals surface area (Å²) in [7, 11) is 4.51. The maximum absolute atomic E-state index is 18.3. The first-order valence-corrected chi connectivity index (χ1v) is 18.5. The fraction of sp³-hybridized carbons (Fsp3) is 0.512. The Morgan fingerprint density at radius 2 is 1.24 bits per heavy atom. The van der Waals surface area contributed by atoms with Crippen molar-refractivity contribution in [1.82, 2.24) is 15.1 Å². The molecule has 11 nitrogen and oxygen atoms in total. The van der Waals surface area contributed by atoms with Crippen LogP contribution in [0, 0.1) is 5.92 Å². The topological polar surface area (TPSA) is 116 Å². The lowest BCUT2D eigenvalue weighted by molar-refractivity contribution is -0.177. The molecule has 0 saturated carbocycles. The molecule has 0 aromatic heterocycles.